The summed E-state index contributed by atoms with van der Waals surface area (Å²) in [4.78, 5) is 8.07. The molecule has 0 saturated carbocycles. The molecular formula is C9H8ClF3N4S. The predicted molar refractivity (Wildman–Crippen MR) is 63.6 cm³/mol. The van der Waals surface area contributed by atoms with Gasteiger partial charge in [-0.3, -0.25) is 0 Å². The number of rotatable bonds is 3. The Labute approximate surface area is 110 Å². The minimum absolute atomic E-state index is 0.0232. The van der Waals surface area contributed by atoms with Gasteiger partial charge in [-0.2, -0.15) is 30.0 Å². The Morgan fingerprint density at radius 2 is 2.17 bits per heavy atom. The first-order chi connectivity index (χ1) is 8.40. The minimum atomic E-state index is -4.37. The summed E-state index contributed by atoms with van der Waals surface area (Å²) in [6, 6.07) is 0. The monoisotopic (exact) mass is 296 g/mol. The summed E-state index contributed by atoms with van der Waals surface area (Å²) in [5.41, 5.74) is 0.108. The van der Waals surface area contributed by atoms with Crippen LogP contribution in [0.3, 0.4) is 0 Å². The lowest BCUT2D eigenvalue weighted by Gasteiger charge is -2.06. The summed E-state index contributed by atoms with van der Waals surface area (Å²) < 4.78 is 37.9. The zero-order chi connectivity index (χ0) is 13.3. The van der Waals surface area contributed by atoms with E-state index >= 15 is 0 Å². The van der Waals surface area contributed by atoms with Gasteiger partial charge in [0.05, 0.1) is 11.1 Å². The molecule has 0 aromatic carbocycles. The van der Waals surface area contributed by atoms with Crippen molar-refractivity contribution in [3.05, 3.63) is 17.2 Å². The first kappa shape index (κ1) is 13.4. The summed E-state index contributed by atoms with van der Waals surface area (Å²) in [7, 11) is 0. The number of aromatic nitrogens is 4. The Hall–Kier alpha value is -1.02. The molecule has 0 amide bonds. The Morgan fingerprint density at radius 3 is 2.78 bits per heavy atom. The zero-order valence-electron chi connectivity index (χ0n) is 9.20. The van der Waals surface area contributed by atoms with Gasteiger partial charge in [0.15, 0.2) is 10.8 Å². The van der Waals surface area contributed by atoms with Crippen molar-refractivity contribution in [3.8, 4) is 0 Å². The van der Waals surface area contributed by atoms with Crippen molar-refractivity contribution in [1.29, 1.82) is 0 Å². The maximum atomic E-state index is 12.4. The number of hydrogen-bond acceptors (Lipinski definition) is 4. The third kappa shape index (κ3) is 2.86. The molecule has 0 N–H and O–H groups in total. The van der Waals surface area contributed by atoms with Crippen molar-refractivity contribution < 1.29 is 13.2 Å². The molecule has 0 aliphatic heterocycles. The van der Waals surface area contributed by atoms with E-state index in [1.807, 2.05) is 6.26 Å². The van der Waals surface area contributed by atoms with Crippen molar-refractivity contribution >= 4 is 34.4 Å². The molecule has 0 unspecified atom stereocenters. The van der Waals surface area contributed by atoms with Crippen molar-refractivity contribution in [1.82, 2.24) is 19.7 Å². The highest BCUT2D eigenvalue weighted by atomic mass is 35.5. The van der Waals surface area contributed by atoms with Crippen LogP contribution in [0.2, 0.25) is 5.15 Å². The Kier molecular flexibility index (Phi) is 3.67. The van der Waals surface area contributed by atoms with E-state index in [-0.39, 0.29) is 10.8 Å². The van der Waals surface area contributed by atoms with Gasteiger partial charge < -0.3 is 0 Å². The highest BCUT2D eigenvalue weighted by molar-refractivity contribution is 7.97. The average Bonchev–Trinajstić information content (AvgIpc) is 2.54. The van der Waals surface area contributed by atoms with Crippen LogP contribution >= 0.6 is 23.4 Å². The van der Waals surface area contributed by atoms with Gasteiger partial charge in [0.1, 0.15) is 12.4 Å². The fourth-order valence-corrected chi connectivity index (χ4v) is 2.06. The van der Waals surface area contributed by atoms with Crippen LogP contribution in [0.4, 0.5) is 13.2 Å². The van der Waals surface area contributed by atoms with Crippen molar-refractivity contribution in [2.45, 2.75) is 18.5 Å². The van der Waals surface area contributed by atoms with Gasteiger partial charge >= 0.3 is 6.18 Å². The van der Waals surface area contributed by atoms with Crippen LogP contribution in [0.15, 0.2) is 6.20 Å². The second kappa shape index (κ2) is 4.93. The summed E-state index contributed by atoms with van der Waals surface area (Å²) in [5, 5.41) is 3.93. The SMILES string of the molecule is CSCc1ncc2c(Cl)nn(CC(F)(F)F)c2n1. The third-order valence-corrected chi connectivity index (χ3v) is 2.92. The molecule has 0 atom stereocenters. The minimum Gasteiger partial charge on any atom is -0.240 e. The fraction of sp³-hybridized carbons (Fsp3) is 0.444. The van der Waals surface area contributed by atoms with E-state index in [4.69, 9.17) is 11.6 Å². The van der Waals surface area contributed by atoms with E-state index < -0.39 is 12.7 Å². The van der Waals surface area contributed by atoms with Crippen molar-refractivity contribution in [2.75, 3.05) is 6.26 Å². The van der Waals surface area contributed by atoms with Crippen LogP contribution in [0.1, 0.15) is 5.82 Å². The van der Waals surface area contributed by atoms with Gasteiger partial charge in [0.2, 0.25) is 0 Å². The summed E-state index contributed by atoms with van der Waals surface area (Å²) in [5.74, 6) is 0.972. The normalized spacial score (nSPS) is 12.3. The average molecular weight is 297 g/mol. The number of alkyl halides is 3. The molecule has 0 radical (unpaired) electrons. The topological polar surface area (TPSA) is 43.6 Å². The lowest BCUT2D eigenvalue weighted by Crippen LogP contribution is -2.19. The van der Waals surface area contributed by atoms with Crippen LogP contribution in [0.5, 0.6) is 0 Å². The number of halogens is 4. The molecule has 4 nitrogen and oxygen atoms in total. The first-order valence-corrected chi connectivity index (χ1v) is 6.61. The lowest BCUT2D eigenvalue weighted by atomic mass is 10.4. The van der Waals surface area contributed by atoms with E-state index in [2.05, 4.69) is 15.1 Å². The maximum Gasteiger partial charge on any atom is 0.408 e. The predicted octanol–water partition coefficient (Wildman–Crippen LogP) is 2.91. The number of nitrogens with zero attached hydrogens (tertiary/aromatic N) is 4. The molecule has 0 aliphatic rings. The smallest absolute Gasteiger partial charge is 0.240 e. The highest BCUT2D eigenvalue weighted by Gasteiger charge is 2.30. The maximum absolute atomic E-state index is 12.4. The highest BCUT2D eigenvalue weighted by Crippen LogP contribution is 2.25. The van der Waals surface area contributed by atoms with E-state index in [1.54, 1.807) is 0 Å². The molecule has 0 aliphatic carbocycles. The van der Waals surface area contributed by atoms with E-state index in [1.165, 1.54) is 18.0 Å². The largest absolute Gasteiger partial charge is 0.408 e. The fourth-order valence-electron chi connectivity index (χ4n) is 1.44. The number of fused-ring (bicyclic) bond motifs is 1. The summed E-state index contributed by atoms with van der Waals surface area (Å²) in [6.45, 7) is -1.22. The standard InChI is InChI=1S/C9H8ClF3N4S/c1-18-3-6-14-2-5-7(10)16-17(8(5)15-6)4-9(11,12)13/h2H,3-4H2,1H3. The molecule has 0 fully saturated rings. The van der Waals surface area contributed by atoms with E-state index in [0.29, 0.717) is 17.0 Å². The van der Waals surface area contributed by atoms with Crippen LogP contribution in [-0.2, 0) is 12.3 Å². The van der Waals surface area contributed by atoms with Crippen LogP contribution in [-0.4, -0.2) is 32.2 Å². The number of hydrogen-bond donors (Lipinski definition) is 0. The lowest BCUT2D eigenvalue weighted by molar-refractivity contribution is -0.141. The first-order valence-electron chi connectivity index (χ1n) is 4.84. The summed E-state index contributed by atoms with van der Waals surface area (Å²) >= 11 is 7.23. The second-order valence-electron chi connectivity index (χ2n) is 3.52. The van der Waals surface area contributed by atoms with Gasteiger partial charge in [0.25, 0.3) is 0 Å². The molecule has 2 aromatic rings. The van der Waals surface area contributed by atoms with Gasteiger partial charge in [-0.15, -0.1) is 0 Å². The molecule has 0 spiro atoms. The van der Waals surface area contributed by atoms with Gasteiger partial charge in [-0.05, 0) is 6.26 Å². The molecular weight excluding hydrogens is 289 g/mol. The molecule has 2 heterocycles. The van der Waals surface area contributed by atoms with E-state index in [9.17, 15) is 13.2 Å². The molecule has 0 bridgehead atoms. The molecule has 2 rings (SSSR count). The molecule has 98 valence electrons. The zero-order valence-corrected chi connectivity index (χ0v) is 10.8. The van der Waals surface area contributed by atoms with Crippen molar-refractivity contribution in [2.24, 2.45) is 0 Å². The van der Waals surface area contributed by atoms with Gasteiger partial charge in [0, 0.05) is 6.20 Å². The second-order valence-corrected chi connectivity index (χ2v) is 4.74. The Bertz CT molecular complexity index is 569. The molecule has 2 aromatic heterocycles. The van der Waals surface area contributed by atoms with Crippen LogP contribution in [0.25, 0.3) is 11.0 Å². The molecule has 0 saturated heterocycles. The van der Waals surface area contributed by atoms with Crippen LogP contribution in [0, 0.1) is 0 Å². The third-order valence-electron chi connectivity index (χ3n) is 2.10. The van der Waals surface area contributed by atoms with Crippen molar-refractivity contribution in [3.63, 3.8) is 0 Å². The number of thioether (sulfide) groups is 1. The Balaban J connectivity index is 2.49. The Morgan fingerprint density at radius 1 is 1.44 bits per heavy atom. The van der Waals surface area contributed by atoms with Gasteiger partial charge in [-0.25, -0.2) is 14.6 Å². The molecule has 9 heteroatoms. The van der Waals surface area contributed by atoms with Gasteiger partial charge in [-0.1, -0.05) is 11.6 Å². The molecule has 18 heavy (non-hydrogen) atoms. The van der Waals surface area contributed by atoms with E-state index in [0.717, 1.165) is 4.68 Å². The summed E-state index contributed by atoms with van der Waals surface area (Å²) in [6.07, 6.45) is -1.11. The quantitative estimate of drug-likeness (QED) is 0.873. The van der Waals surface area contributed by atoms with Crippen LogP contribution < -0.4 is 0 Å².